The van der Waals surface area contributed by atoms with Gasteiger partial charge in [-0.05, 0) is 109 Å². The van der Waals surface area contributed by atoms with Gasteiger partial charge in [0.1, 0.15) is 0 Å². The van der Waals surface area contributed by atoms with Crippen molar-refractivity contribution in [2.75, 3.05) is 4.90 Å². The Balaban J connectivity index is 0.921. The fourth-order valence-corrected chi connectivity index (χ4v) is 17.9. The molecule has 5 aliphatic rings. The number of fused-ring (bicyclic) bond motifs is 28. The molecule has 2 aromatic heterocycles. The molecule has 0 radical (unpaired) electrons. The van der Waals surface area contributed by atoms with Crippen LogP contribution in [0.2, 0.25) is 0 Å². The lowest BCUT2D eigenvalue weighted by Crippen LogP contribution is -2.26. The molecule has 5 aliphatic carbocycles. The summed E-state index contributed by atoms with van der Waals surface area (Å²) in [4.78, 5) is 2.66. The summed E-state index contributed by atoms with van der Waals surface area (Å²) in [7, 11) is 0. The SMILES string of the molecule is C1=CC(c2ccccc2)CC=C1N(c1cccc2c1-c1ccccc1C21c2ccccc2-c2c1ccc1c2sc2ccccc21)c1cccc2c1-c1ccccc1C21c2ccccc2-c2c1ccc1c2sc2ccccc21. The van der Waals surface area contributed by atoms with Crippen LogP contribution >= 0.6 is 22.7 Å². The number of anilines is 2. The first-order valence-electron chi connectivity index (χ1n) is 27.0. The fourth-order valence-electron chi connectivity index (χ4n) is 15.4. The lowest BCUT2D eigenvalue weighted by Gasteiger charge is -2.34. The van der Waals surface area contributed by atoms with E-state index in [0.717, 1.165) is 6.42 Å². The number of allylic oxidation sites excluding steroid dienone is 3. The Bertz CT molecular complexity index is 4550. The van der Waals surface area contributed by atoms with Gasteiger partial charge in [-0.2, -0.15) is 0 Å². The van der Waals surface area contributed by atoms with Crippen LogP contribution in [-0.4, -0.2) is 0 Å². The van der Waals surface area contributed by atoms with Crippen molar-refractivity contribution in [2.24, 2.45) is 0 Å². The maximum Gasteiger partial charge on any atom is 0.0726 e. The minimum absolute atomic E-state index is 0.284. The molecular weight excluding hydrogens is 967 g/mol. The van der Waals surface area contributed by atoms with Crippen molar-refractivity contribution in [3.8, 4) is 44.5 Å². The van der Waals surface area contributed by atoms with Crippen LogP contribution in [0.5, 0.6) is 0 Å². The van der Waals surface area contributed by atoms with E-state index in [4.69, 9.17) is 0 Å². The Morgan fingerprint density at radius 3 is 1.21 bits per heavy atom. The molecule has 3 unspecified atom stereocenters. The van der Waals surface area contributed by atoms with E-state index < -0.39 is 10.8 Å². The van der Waals surface area contributed by atoms with Gasteiger partial charge < -0.3 is 4.90 Å². The number of hydrogen-bond donors (Lipinski definition) is 0. The Labute approximate surface area is 454 Å². The van der Waals surface area contributed by atoms with Crippen LogP contribution < -0.4 is 4.90 Å². The summed E-state index contributed by atoms with van der Waals surface area (Å²) in [6.07, 6.45) is 8.29. The van der Waals surface area contributed by atoms with E-state index in [1.165, 1.54) is 152 Å². The van der Waals surface area contributed by atoms with E-state index in [-0.39, 0.29) is 5.92 Å². The maximum absolute atomic E-state index is 2.66. The van der Waals surface area contributed by atoms with Crippen molar-refractivity contribution in [3.05, 3.63) is 311 Å². The summed E-state index contributed by atoms with van der Waals surface area (Å²) in [5, 5.41) is 5.34. The molecule has 0 aliphatic heterocycles. The molecule has 0 N–H and O–H groups in total. The molecule has 1 nitrogen and oxygen atoms in total. The van der Waals surface area contributed by atoms with Crippen LogP contribution in [0.3, 0.4) is 0 Å². The van der Waals surface area contributed by atoms with Crippen LogP contribution in [-0.2, 0) is 10.8 Å². The topological polar surface area (TPSA) is 3.24 Å². The molecule has 358 valence electrons. The molecule has 0 saturated heterocycles. The van der Waals surface area contributed by atoms with Crippen molar-refractivity contribution in [2.45, 2.75) is 23.2 Å². The summed E-state index contributed by atoms with van der Waals surface area (Å²) < 4.78 is 5.41. The Hall–Kier alpha value is -8.86. The summed E-state index contributed by atoms with van der Waals surface area (Å²) in [5.41, 5.74) is 25.3. The summed E-state index contributed by atoms with van der Waals surface area (Å²) in [6.45, 7) is 0. The fraction of sp³-hybridized carbons (Fsp3) is 0.0541. The molecule has 2 heterocycles. The summed E-state index contributed by atoms with van der Waals surface area (Å²) in [6, 6.07) is 90.5. The Morgan fingerprint density at radius 2 is 0.740 bits per heavy atom. The van der Waals surface area contributed by atoms with E-state index in [9.17, 15) is 0 Å². The lowest BCUT2D eigenvalue weighted by atomic mass is 9.70. The number of nitrogens with zero attached hydrogens (tertiary/aromatic N) is 1. The second-order valence-electron chi connectivity index (χ2n) is 21.6. The highest BCUT2D eigenvalue weighted by Crippen LogP contribution is 2.69. The smallest absolute Gasteiger partial charge is 0.0726 e. The third kappa shape index (κ3) is 5.24. The second-order valence-corrected chi connectivity index (χ2v) is 23.7. The van der Waals surface area contributed by atoms with Crippen molar-refractivity contribution in [3.63, 3.8) is 0 Å². The first-order valence-corrected chi connectivity index (χ1v) is 28.7. The average Bonchev–Trinajstić information content (AvgIpc) is 4.44. The molecule has 3 heteroatoms. The highest BCUT2D eigenvalue weighted by molar-refractivity contribution is 7.26. The first kappa shape index (κ1) is 42.4. The molecular formula is C74H45NS2. The average molecular weight is 1010 g/mol. The third-order valence-corrected chi connectivity index (χ3v) is 20.7. The van der Waals surface area contributed by atoms with Gasteiger partial charge in [0.05, 0.1) is 22.2 Å². The molecule has 77 heavy (non-hydrogen) atoms. The monoisotopic (exact) mass is 1010 g/mol. The zero-order chi connectivity index (χ0) is 50.1. The number of thiophene rings is 2. The molecule has 0 saturated carbocycles. The minimum atomic E-state index is -0.524. The molecule has 2 spiro atoms. The maximum atomic E-state index is 2.66. The van der Waals surface area contributed by atoms with Gasteiger partial charge in [0, 0.05) is 74.2 Å². The quantitative estimate of drug-likeness (QED) is 0.170. The molecule has 0 fully saturated rings. The number of hydrogen-bond acceptors (Lipinski definition) is 3. The molecule has 0 amide bonds. The van der Waals surface area contributed by atoms with Crippen molar-refractivity contribution >= 4 is 74.4 Å². The van der Waals surface area contributed by atoms with Gasteiger partial charge in [-0.15, -0.1) is 22.7 Å². The van der Waals surface area contributed by atoms with Gasteiger partial charge in [0.2, 0.25) is 0 Å². The molecule has 0 bridgehead atoms. The van der Waals surface area contributed by atoms with Crippen LogP contribution in [0.25, 0.3) is 84.9 Å². The standard InChI is InChI=1S/C74H45NS2/c1-2-18-44(19-3-1)45-36-38-46(39-37-45)75(63-32-16-30-59-67(63)51-22-4-10-26-55(51)73(59)57-28-12-6-24-53(57)69-61(73)42-40-49-47-20-8-14-34-65(47)76-71(49)69)64-33-17-31-60-68(64)52-23-5-11-27-56(52)74(60)58-29-13-7-25-54(58)70-62(74)43-41-50-48-21-9-15-35-66(48)77-72(50)70/h1-36,38-43,45H,37H2. The number of benzene rings is 11. The lowest BCUT2D eigenvalue weighted by molar-refractivity contribution is 0.793. The number of rotatable bonds is 4. The molecule has 3 atom stereocenters. The van der Waals surface area contributed by atoms with E-state index in [1.807, 2.05) is 22.7 Å². The van der Waals surface area contributed by atoms with Gasteiger partial charge in [0.25, 0.3) is 0 Å². The van der Waals surface area contributed by atoms with Gasteiger partial charge in [-0.1, -0.05) is 224 Å². The predicted molar refractivity (Wildman–Crippen MR) is 324 cm³/mol. The van der Waals surface area contributed by atoms with Gasteiger partial charge in [0.15, 0.2) is 0 Å². The largest absolute Gasteiger partial charge is 0.310 e. The van der Waals surface area contributed by atoms with Crippen molar-refractivity contribution in [1.29, 1.82) is 0 Å². The molecule has 18 rings (SSSR count). The normalized spacial score (nSPS) is 18.6. The zero-order valence-electron chi connectivity index (χ0n) is 41.8. The van der Waals surface area contributed by atoms with E-state index in [0.29, 0.717) is 0 Å². The van der Waals surface area contributed by atoms with Crippen LogP contribution in [0, 0.1) is 0 Å². The molecule has 13 aromatic rings. The first-order chi connectivity index (χ1) is 38.2. The predicted octanol–water partition coefficient (Wildman–Crippen LogP) is 19.9. The highest BCUT2D eigenvalue weighted by Gasteiger charge is 2.55. The molecule has 11 aromatic carbocycles. The Kier molecular flexibility index (Phi) is 8.47. The van der Waals surface area contributed by atoms with Crippen LogP contribution in [0.4, 0.5) is 11.4 Å². The van der Waals surface area contributed by atoms with Gasteiger partial charge >= 0.3 is 0 Å². The minimum Gasteiger partial charge on any atom is -0.310 e. The van der Waals surface area contributed by atoms with Crippen LogP contribution in [0.1, 0.15) is 62.4 Å². The second kappa shape index (κ2) is 15.4. The van der Waals surface area contributed by atoms with E-state index in [1.54, 1.807) is 0 Å². The third-order valence-electron chi connectivity index (χ3n) is 18.2. The van der Waals surface area contributed by atoms with Crippen molar-refractivity contribution in [1.82, 2.24) is 0 Å². The summed E-state index contributed by atoms with van der Waals surface area (Å²) >= 11 is 3.88. The van der Waals surface area contributed by atoms with Gasteiger partial charge in [-0.3, -0.25) is 0 Å². The van der Waals surface area contributed by atoms with E-state index in [2.05, 4.69) is 260 Å². The Morgan fingerprint density at radius 1 is 0.338 bits per heavy atom. The van der Waals surface area contributed by atoms with Crippen molar-refractivity contribution < 1.29 is 0 Å². The summed E-state index contributed by atoms with van der Waals surface area (Å²) in [5.74, 6) is 0.284. The zero-order valence-corrected chi connectivity index (χ0v) is 43.4. The van der Waals surface area contributed by atoms with E-state index >= 15 is 0 Å². The highest BCUT2D eigenvalue weighted by atomic mass is 32.1. The van der Waals surface area contributed by atoms with Gasteiger partial charge in [-0.25, -0.2) is 0 Å². The van der Waals surface area contributed by atoms with Crippen LogP contribution in [0.15, 0.2) is 261 Å².